The van der Waals surface area contributed by atoms with E-state index in [1.165, 1.54) is 6.07 Å². The summed E-state index contributed by atoms with van der Waals surface area (Å²) in [7, 11) is 0. The highest BCUT2D eigenvalue weighted by molar-refractivity contribution is 6.07. The summed E-state index contributed by atoms with van der Waals surface area (Å²) in [6, 6.07) is 12.7. The molecule has 0 fully saturated rings. The number of carbonyl (C=O) groups excluding carboxylic acids is 1. The first-order valence-corrected chi connectivity index (χ1v) is 9.35. The molecule has 0 amide bonds. The molecule has 2 heterocycles. The summed E-state index contributed by atoms with van der Waals surface area (Å²) in [5.74, 6) is -0.542. The number of carbonyl (C=O) groups is 1. The maximum atomic E-state index is 12.7. The van der Waals surface area contributed by atoms with Crippen molar-refractivity contribution >= 4 is 27.7 Å². The Morgan fingerprint density at radius 2 is 1.97 bits per heavy atom. The molecule has 4 aromatic rings. The Balaban J connectivity index is 1.72. The van der Waals surface area contributed by atoms with E-state index < -0.39 is 17.7 Å². The van der Waals surface area contributed by atoms with E-state index in [-0.39, 0.29) is 6.61 Å². The topological polar surface area (TPSA) is 92.5 Å². The molecule has 0 aliphatic rings. The molecule has 6 heteroatoms. The van der Waals surface area contributed by atoms with E-state index in [0.717, 1.165) is 21.9 Å². The van der Waals surface area contributed by atoms with E-state index in [9.17, 15) is 14.7 Å². The van der Waals surface area contributed by atoms with Crippen LogP contribution in [0.5, 0.6) is 0 Å². The number of ether oxygens (including phenoxy) is 1. The van der Waals surface area contributed by atoms with E-state index in [0.29, 0.717) is 28.0 Å². The summed E-state index contributed by atoms with van der Waals surface area (Å²) in [4.78, 5) is 27.7. The van der Waals surface area contributed by atoms with Gasteiger partial charge >= 0.3 is 11.6 Å². The van der Waals surface area contributed by atoms with Crippen LogP contribution in [0, 0.1) is 13.8 Å². The molecule has 0 saturated carbocycles. The van der Waals surface area contributed by atoms with Crippen LogP contribution in [0.25, 0.3) is 21.7 Å². The Morgan fingerprint density at radius 1 is 1.21 bits per heavy atom. The van der Waals surface area contributed by atoms with Gasteiger partial charge in [0.1, 0.15) is 17.9 Å². The van der Waals surface area contributed by atoms with Crippen molar-refractivity contribution in [3.8, 4) is 0 Å². The Kier molecular flexibility index (Phi) is 4.72. The molecule has 2 aromatic carbocycles. The molecule has 0 bridgehead atoms. The summed E-state index contributed by atoms with van der Waals surface area (Å²) in [6.45, 7) is 5.14. The van der Waals surface area contributed by atoms with Gasteiger partial charge < -0.3 is 19.2 Å². The van der Waals surface area contributed by atoms with Gasteiger partial charge in [-0.2, -0.15) is 0 Å². The Hall–Kier alpha value is -3.38. The predicted octanol–water partition coefficient (Wildman–Crippen LogP) is 4.30. The fraction of sp³-hybridized carbons (Fsp3) is 0.217. The van der Waals surface area contributed by atoms with Crippen molar-refractivity contribution in [2.24, 2.45) is 0 Å². The summed E-state index contributed by atoms with van der Waals surface area (Å²) < 4.78 is 10.9. The van der Waals surface area contributed by atoms with Crippen molar-refractivity contribution in [1.29, 1.82) is 0 Å². The molecule has 0 unspecified atom stereocenters. The lowest BCUT2D eigenvalue weighted by Crippen LogP contribution is -2.09. The van der Waals surface area contributed by atoms with Gasteiger partial charge in [0.2, 0.25) is 0 Å². The molecule has 0 radical (unpaired) electrons. The molecule has 0 aliphatic carbocycles. The fourth-order valence-corrected chi connectivity index (χ4v) is 3.94. The summed E-state index contributed by atoms with van der Waals surface area (Å²) in [5, 5.41) is 12.6. The second-order valence-electron chi connectivity index (χ2n) is 7.17. The minimum absolute atomic E-state index is 0.0730. The molecular formula is C23H21NO5. The lowest BCUT2D eigenvalue weighted by Gasteiger charge is -2.10. The van der Waals surface area contributed by atoms with E-state index in [2.05, 4.69) is 4.98 Å². The third-order valence-corrected chi connectivity index (χ3v) is 5.19. The molecular weight excluding hydrogens is 370 g/mol. The highest BCUT2D eigenvalue weighted by Gasteiger charge is 2.21. The molecule has 29 heavy (non-hydrogen) atoms. The monoisotopic (exact) mass is 391 g/mol. The number of aliphatic hydroxyl groups excluding tert-OH is 1. The van der Waals surface area contributed by atoms with Crippen LogP contribution in [0.15, 0.2) is 51.7 Å². The van der Waals surface area contributed by atoms with Crippen LogP contribution in [0.1, 0.15) is 45.9 Å². The van der Waals surface area contributed by atoms with Crippen LogP contribution in [0.2, 0.25) is 0 Å². The third-order valence-electron chi connectivity index (χ3n) is 5.19. The first kappa shape index (κ1) is 19.0. The number of aromatic nitrogens is 1. The first-order valence-electron chi connectivity index (χ1n) is 9.35. The van der Waals surface area contributed by atoms with Gasteiger partial charge in [-0.05, 0) is 43.2 Å². The zero-order valence-corrected chi connectivity index (χ0v) is 16.4. The largest absolute Gasteiger partial charge is 0.456 e. The van der Waals surface area contributed by atoms with Crippen LogP contribution >= 0.6 is 0 Å². The number of aliphatic hydroxyl groups is 1. The van der Waals surface area contributed by atoms with Crippen molar-refractivity contribution in [1.82, 2.24) is 4.98 Å². The van der Waals surface area contributed by atoms with E-state index >= 15 is 0 Å². The lowest BCUT2D eigenvalue weighted by atomic mass is 10.0. The predicted molar refractivity (Wildman–Crippen MR) is 110 cm³/mol. The standard InChI is InChI=1S/C23H21NO5/c1-12-20(14(3)25)13(2)24-22(12)23(27)28-11-16-10-19(26)29-18-9-8-15-6-4-5-7-17(15)21(16)18/h4-10,14,24-25H,11H2,1-3H3/t14-/m1/s1. The number of nitrogens with one attached hydrogen (secondary N) is 1. The van der Waals surface area contributed by atoms with E-state index in [4.69, 9.17) is 9.15 Å². The van der Waals surface area contributed by atoms with Gasteiger partial charge in [-0.25, -0.2) is 9.59 Å². The summed E-state index contributed by atoms with van der Waals surface area (Å²) >= 11 is 0. The van der Waals surface area contributed by atoms with Gasteiger partial charge in [-0.3, -0.25) is 0 Å². The molecule has 0 saturated heterocycles. The maximum Gasteiger partial charge on any atom is 0.355 e. The van der Waals surface area contributed by atoms with Crippen molar-refractivity contribution < 1.29 is 19.1 Å². The second-order valence-corrected chi connectivity index (χ2v) is 7.17. The van der Waals surface area contributed by atoms with Crippen molar-refractivity contribution in [3.63, 3.8) is 0 Å². The number of aryl methyl sites for hydroxylation is 1. The molecule has 6 nitrogen and oxygen atoms in total. The molecule has 2 N–H and O–H groups in total. The van der Waals surface area contributed by atoms with Crippen LogP contribution in [0.4, 0.5) is 0 Å². The quantitative estimate of drug-likeness (QED) is 0.307. The number of H-pyrrole nitrogens is 1. The minimum atomic E-state index is -0.693. The number of hydrogen-bond donors (Lipinski definition) is 2. The molecule has 148 valence electrons. The lowest BCUT2D eigenvalue weighted by molar-refractivity contribution is 0.0466. The van der Waals surface area contributed by atoms with Gasteiger partial charge in [-0.1, -0.05) is 30.3 Å². The van der Waals surface area contributed by atoms with Crippen LogP contribution in [0.3, 0.4) is 0 Å². The molecule has 1 atom stereocenters. The Labute approximate surface area is 166 Å². The van der Waals surface area contributed by atoms with E-state index in [1.807, 2.05) is 30.3 Å². The molecule has 0 spiro atoms. The van der Waals surface area contributed by atoms with E-state index in [1.54, 1.807) is 26.8 Å². The second kappa shape index (κ2) is 7.22. The summed E-state index contributed by atoms with van der Waals surface area (Å²) in [5.41, 5.74) is 2.90. The number of fused-ring (bicyclic) bond motifs is 3. The molecule has 2 aromatic heterocycles. The molecule has 4 rings (SSSR count). The van der Waals surface area contributed by atoms with Gasteiger partial charge in [0.05, 0.1) is 6.10 Å². The minimum Gasteiger partial charge on any atom is -0.456 e. The zero-order chi connectivity index (χ0) is 20.7. The molecule has 0 aliphatic heterocycles. The van der Waals surface area contributed by atoms with Crippen LogP contribution in [-0.4, -0.2) is 16.1 Å². The highest BCUT2D eigenvalue weighted by atomic mass is 16.5. The summed E-state index contributed by atoms with van der Waals surface area (Å²) in [6.07, 6.45) is -0.693. The third kappa shape index (κ3) is 3.32. The van der Waals surface area contributed by atoms with Crippen LogP contribution < -0.4 is 5.63 Å². The average Bonchev–Trinajstić information content (AvgIpc) is 2.99. The van der Waals surface area contributed by atoms with Gasteiger partial charge in [0.15, 0.2) is 0 Å². The number of aromatic amines is 1. The SMILES string of the molecule is Cc1[nH]c(C(=O)OCc2cc(=O)oc3ccc4ccccc4c23)c(C)c1[C@@H](C)O. The smallest absolute Gasteiger partial charge is 0.355 e. The average molecular weight is 391 g/mol. The number of rotatable bonds is 4. The number of esters is 1. The highest BCUT2D eigenvalue weighted by Crippen LogP contribution is 2.29. The normalized spacial score (nSPS) is 12.4. The van der Waals surface area contributed by atoms with Gasteiger partial charge in [0.25, 0.3) is 0 Å². The fourth-order valence-electron chi connectivity index (χ4n) is 3.94. The Morgan fingerprint density at radius 3 is 2.69 bits per heavy atom. The van der Waals surface area contributed by atoms with Crippen LogP contribution in [-0.2, 0) is 11.3 Å². The van der Waals surface area contributed by atoms with Gasteiger partial charge in [-0.15, -0.1) is 0 Å². The maximum absolute atomic E-state index is 12.7. The van der Waals surface area contributed by atoms with Gasteiger partial charge in [0, 0.05) is 28.3 Å². The number of hydrogen-bond acceptors (Lipinski definition) is 5. The zero-order valence-electron chi connectivity index (χ0n) is 16.4. The van der Waals surface area contributed by atoms with Crippen molar-refractivity contribution in [2.45, 2.75) is 33.5 Å². The van der Waals surface area contributed by atoms with Crippen molar-refractivity contribution in [2.75, 3.05) is 0 Å². The number of benzene rings is 2. The first-order chi connectivity index (χ1) is 13.9. The Bertz CT molecular complexity index is 1300. The van der Waals surface area contributed by atoms with Crippen molar-refractivity contribution in [3.05, 3.63) is 81.0 Å².